The van der Waals surface area contributed by atoms with Crippen LogP contribution in [-0.4, -0.2) is 22.6 Å². The summed E-state index contributed by atoms with van der Waals surface area (Å²) in [6, 6.07) is 11.7. The quantitative estimate of drug-likeness (QED) is 0.588. The van der Waals surface area contributed by atoms with Gasteiger partial charge in [0.05, 0.1) is 0 Å². The van der Waals surface area contributed by atoms with Gasteiger partial charge in [0.15, 0.2) is 0 Å². The molecular formula is C16H20O2S. The summed E-state index contributed by atoms with van der Waals surface area (Å²) in [6.07, 6.45) is 4.35. The van der Waals surface area contributed by atoms with Crippen LogP contribution < -0.4 is 0 Å². The maximum Gasteiger partial charge on any atom is 0.123 e. The zero-order valence-electron chi connectivity index (χ0n) is 11.0. The largest absolute Gasteiger partial charge is 0.507 e. The Balaban J connectivity index is 1.96. The second-order valence-electron chi connectivity index (χ2n) is 4.61. The number of thioether (sulfide) groups is 1. The van der Waals surface area contributed by atoms with Crippen molar-refractivity contribution in [2.24, 2.45) is 0 Å². The summed E-state index contributed by atoms with van der Waals surface area (Å²) in [6.45, 7) is 0.301. The van der Waals surface area contributed by atoms with Crippen LogP contribution in [0.15, 0.2) is 41.3 Å². The van der Waals surface area contributed by atoms with Crippen molar-refractivity contribution in [3.63, 3.8) is 0 Å². The van der Waals surface area contributed by atoms with Gasteiger partial charge in [-0.05, 0) is 36.1 Å². The van der Waals surface area contributed by atoms with Gasteiger partial charge in [-0.2, -0.15) is 0 Å². The fourth-order valence-corrected chi connectivity index (χ4v) is 3.20. The molecule has 0 saturated carbocycles. The first kappa shape index (κ1) is 14.2. The number of hydrogen-bond acceptors (Lipinski definition) is 3. The van der Waals surface area contributed by atoms with Crippen LogP contribution in [0, 0.1) is 0 Å². The van der Waals surface area contributed by atoms with E-state index in [9.17, 15) is 5.11 Å². The topological polar surface area (TPSA) is 40.5 Å². The lowest BCUT2D eigenvalue weighted by Crippen LogP contribution is -1.86. The molecule has 0 aromatic heterocycles. The highest BCUT2D eigenvalue weighted by atomic mass is 32.2. The summed E-state index contributed by atoms with van der Waals surface area (Å²) in [4.78, 5) is 1.23. The number of hydrogen-bond donors (Lipinski definition) is 2. The first-order chi connectivity index (χ1) is 9.33. The zero-order valence-corrected chi connectivity index (χ0v) is 11.8. The molecule has 0 bridgehead atoms. The molecule has 0 radical (unpaired) electrons. The number of phenolic OH excluding ortho intramolecular Hbond substituents is 1. The third-order valence-electron chi connectivity index (χ3n) is 3.17. The molecule has 102 valence electrons. The average Bonchev–Trinajstić information content (AvgIpc) is 2.45. The van der Waals surface area contributed by atoms with Crippen LogP contribution in [0.25, 0.3) is 10.8 Å². The monoisotopic (exact) mass is 276 g/mol. The van der Waals surface area contributed by atoms with Gasteiger partial charge in [0.25, 0.3) is 0 Å². The Hall–Kier alpha value is -1.19. The fourth-order valence-electron chi connectivity index (χ4n) is 2.13. The van der Waals surface area contributed by atoms with Crippen LogP contribution in [0.3, 0.4) is 0 Å². The molecule has 0 aliphatic heterocycles. The highest BCUT2D eigenvalue weighted by molar-refractivity contribution is 7.99. The summed E-state index contributed by atoms with van der Waals surface area (Å²) >= 11 is 1.84. The van der Waals surface area contributed by atoms with Crippen LogP contribution in [0.4, 0.5) is 0 Å². The normalized spacial score (nSPS) is 11.0. The van der Waals surface area contributed by atoms with E-state index < -0.39 is 0 Å². The van der Waals surface area contributed by atoms with Crippen LogP contribution in [0.1, 0.15) is 25.7 Å². The predicted molar refractivity (Wildman–Crippen MR) is 81.9 cm³/mol. The van der Waals surface area contributed by atoms with Gasteiger partial charge in [-0.3, -0.25) is 0 Å². The molecule has 0 amide bonds. The molecular weight excluding hydrogens is 256 g/mol. The van der Waals surface area contributed by atoms with E-state index in [0.717, 1.165) is 29.4 Å². The Morgan fingerprint density at radius 3 is 2.37 bits per heavy atom. The minimum absolute atomic E-state index is 0.301. The van der Waals surface area contributed by atoms with Gasteiger partial charge in [-0.25, -0.2) is 0 Å². The Bertz CT molecular complexity index is 525. The molecule has 0 heterocycles. The number of aliphatic hydroxyl groups excluding tert-OH is 1. The van der Waals surface area contributed by atoms with Crippen molar-refractivity contribution in [1.82, 2.24) is 0 Å². The Kier molecular flexibility index (Phi) is 5.55. The molecule has 3 heteroatoms. The van der Waals surface area contributed by atoms with Gasteiger partial charge in [-0.1, -0.05) is 37.1 Å². The van der Waals surface area contributed by atoms with E-state index in [1.165, 1.54) is 17.7 Å². The SMILES string of the molecule is OCCCCCCSc1ccc(O)c2ccccc12. The lowest BCUT2D eigenvalue weighted by molar-refractivity contribution is 0.283. The molecule has 0 unspecified atom stereocenters. The number of rotatable bonds is 7. The van der Waals surface area contributed by atoms with Crippen molar-refractivity contribution in [2.45, 2.75) is 30.6 Å². The molecule has 2 aromatic rings. The third-order valence-corrected chi connectivity index (χ3v) is 4.33. The molecule has 19 heavy (non-hydrogen) atoms. The fraction of sp³-hybridized carbons (Fsp3) is 0.375. The molecule has 0 spiro atoms. The Morgan fingerprint density at radius 2 is 1.58 bits per heavy atom. The molecule has 2 nitrogen and oxygen atoms in total. The molecule has 2 N–H and O–H groups in total. The molecule has 2 rings (SSSR count). The van der Waals surface area contributed by atoms with Crippen LogP contribution in [0.2, 0.25) is 0 Å². The maximum absolute atomic E-state index is 9.83. The maximum atomic E-state index is 9.83. The standard InChI is InChI=1S/C16H20O2S/c17-11-5-1-2-6-12-19-16-10-9-15(18)13-7-3-4-8-14(13)16/h3-4,7-10,17-18H,1-2,5-6,11-12H2. The molecule has 0 aliphatic carbocycles. The first-order valence-corrected chi connectivity index (χ1v) is 7.76. The van der Waals surface area contributed by atoms with Gasteiger partial charge in [0, 0.05) is 16.9 Å². The van der Waals surface area contributed by atoms with Gasteiger partial charge in [0.1, 0.15) is 5.75 Å². The number of phenols is 1. The summed E-state index contributed by atoms with van der Waals surface area (Å²) in [5.41, 5.74) is 0. The van der Waals surface area contributed by atoms with E-state index in [2.05, 4.69) is 6.07 Å². The molecule has 0 aliphatic rings. The average molecular weight is 276 g/mol. The highest BCUT2D eigenvalue weighted by Crippen LogP contribution is 2.33. The van der Waals surface area contributed by atoms with Gasteiger partial charge in [0.2, 0.25) is 0 Å². The van der Waals surface area contributed by atoms with Gasteiger partial charge >= 0.3 is 0 Å². The minimum atomic E-state index is 0.301. The van der Waals surface area contributed by atoms with Crippen molar-refractivity contribution in [3.05, 3.63) is 36.4 Å². The number of aliphatic hydroxyl groups is 1. The Labute approximate surface area is 118 Å². The summed E-state index contributed by atoms with van der Waals surface area (Å²) in [7, 11) is 0. The van der Waals surface area contributed by atoms with E-state index in [0.29, 0.717) is 12.4 Å². The second kappa shape index (κ2) is 7.41. The van der Waals surface area contributed by atoms with E-state index >= 15 is 0 Å². The van der Waals surface area contributed by atoms with Crippen LogP contribution >= 0.6 is 11.8 Å². The second-order valence-corrected chi connectivity index (χ2v) is 5.75. The van der Waals surface area contributed by atoms with E-state index in [1.54, 1.807) is 6.07 Å². The number of benzene rings is 2. The van der Waals surface area contributed by atoms with E-state index in [4.69, 9.17) is 5.11 Å². The molecule has 0 saturated heterocycles. The Morgan fingerprint density at radius 1 is 0.842 bits per heavy atom. The molecule has 0 fully saturated rings. The predicted octanol–water partition coefficient (Wildman–Crippen LogP) is 4.19. The van der Waals surface area contributed by atoms with Crippen molar-refractivity contribution in [1.29, 1.82) is 0 Å². The van der Waals surface area contributed by atoms with Crippen LogP contribution in [-0.2, 0) is 0 Å². The molecule has 2 aromatic carbocycles. The van der Waals surface area contributed by atoms with Crippen molar-refractivity contribution in [2.75, 3.05) is 12.4 Å². The van der Waals surface area contributed by atoms with Crippen molar-refractivity contribution >= 4 is 22.5 Å². The number of unbranched alkanes of at least 4 members (excludes halogenated alkanes) is 3. The van der Waals surface area contributed by atoms with E-state index in [1.807, 2.05) is 36.0 Å². The summed E-state index contributed by atoms with van der Waals surface area (Å²) < 4.78 is 0. The minimum Gasteiger partial charge on any atom is -0.507 e. The lowest BCUT2D eigenvalue weighted by Gasteiger charge is -2.07. The number of fused-ring (bicyclic) bond motifs is 1. The molecule has 0 atom stereocenters. The number of aromatic hydroxyl groups is 1. The van der Waals surface area contributed by atoms with Gasteiger partial charge in [-0.15, -0.1) is 11.8 Å². The lowest BCUT2D eigenvalue weighted by atomic mass is 10.1. The van der Waals surface area contributed by atoms with Gasteiger partial charge < -0.3 is 10.2 Å². The summed E-state index contributed by atoms with van der Waals surface area (Å²) in [5.74, 6) is 1.43. The van der Waals surface area contributed by atoms with E-state index in [-0.39, 0.29) is 0 Å². The summed E-state index contributed by atoms with van der Waals surface area (Å²) in [5, 5.41) is 20.6. The first-order valence-electron chi connectivity index (χ1n) is 6.77. The zero-order chi connectivity index (χ0) is 13.5. The van der Waals surface area contributed by atoms with Crippen LogP contribution in [0.5, 0.6) is 5.75 Å². The van der Waals surface area contributed by atoms with Crippen molar-refractivity contribution < 1.29 is 10.2 Å². The highest BCUT2D eigenvalue weighted by Gasteiger charge is 2.04. The third kappa shape index (κ3) is 3.88. The van der Waals surface area contributed by atoms with Crippen molar-refractivity contribution in [3.8, 4) is 5.75 Å². The smallest absolute Gasteiger partial charge is 0.123 e.